The summed E-state index contributed by atoms with van der Waals surface area (Å²) in [7, 11) is 0. The average molecular weight is 504 g/mol. The molecule has 1 aliphatic heterocycles. The largest absolute Gasteiger partial charge is 0.481 e. The number of aryl methyl sites for hydroxylation is 1. The van der Waals surface area contributed by atoms with Gasteiger partial charge in [0.05, 0.1) is 22.2 Å². The van der Waals surface area contributed by atoms with Crippen LogP contribution in [-0.4, -0.2) is 60.3 Å². The number of amides is 1. The molecule has 0 spiro atoms. The molecule has 1 fully saturated rings. The Morgan fingerprint density at radius 2 is 1.89 bits per heavy atom. The van der Waals surface area contributed by atoms with Crippen molar-refractivity contribution in [2.45, 2.75) is 78.8 Å². The number of Topliss-reactive ketones (excluding diaryl/α,β-unsaturated/α-hetero) is 1. The van der Waals surface area contributed by atoms with Gasteiger partial charge in [-0.15, -0.1) is 0 Å². The summed E-state index contributed by atoms with van der Waals surface area (Å²) in [6.45, 7) is 11.2. The molecule has 3 rings (SSSR count). The summed E-state index contributed by atoms with van der Waals surface area (Å²) in [5.74, 6) is -1.80. The number of carboxylic acid groups (broad SMARTS) is 2. The lowest BCUT2D eigenvalue weighted by Crippen LogP contribution is -2.51. The molecule has 3 heterocycles. The molecule has 0 bridgehead atoms. The maximum Gasteiger partial charge on any atom is 0.407 e. The number of anilines is 2. The second-order valence-electron chi connectivity index (χ2n) is 10.5. The summed E-state index contributed by atoms with van der Waals surface area (Å²) < 4.78 is 17.3. The highest BCUT2D eigenvalue weighted by Crippen LogP contribution is 2.39. The van der Waals surface area contributed by atoms with Crippen LogP contribution in [0.4, 0.5) is 20.8 Å². The molecule has 0 saturated carbocycles. The van der Waals surface area contributed by atoms with Crippen molar-refractivity contribution in [1.82, 2.24) is 19.7 Å². The van der Waals surface area contributed by atoms with E-state index in [9.17, 15) is 24.6 Å². The van der Waals surface area contributed by atoms with E-state index in [1.165, 1.54) is 11.0 Å². The number of nitrogens with one attached hydrogen (secondary N) is 1. The number of rotatable bonds is 7. The number of ketones is 1. The number of aliphatic carboxylic acids is 1. The van der Waals surface area contributed by atoms with Crippen LogP contribution in [0.5, 0.6) is 0 Å². The smallest absolute Gasteiger partial charge is 0.407 e. The first kappa shape index (κ1) is 27.1. The fraction of sp³-hybridized carbons (Fsp3) is 0.560. The van der Waals surface area contributed by atoms with Gasteiger partial charge in [0.2, 0.25) is 0 Å². The second kappa shape index (κ2) is 9.87. The molecular formula is C25H34FN5O5. The Morgan fingerprint density at radius 1 is 1.22 bits per heavy atom. The zero-order chi connectivity index (χ0) is 27.0. The van der Waals surface area contributed by atoms with Crippen LogP contribution in [0.3, 0.4) is 0 Å². The number of carboxylic acids is 1. The minimum Gasteiger partial charge on any atom is -0.481 e. The molecular weight excluding hydrogens is 469 g/mol. The van der Waals surface area contributed by atoms with Crippen molar-refractivity contribution < 1.29 is 29.0 Å². The van der Waals surface area contributed by atoms with Gasteiger partial charge in [0.15, 0.2) is 17.4 Å². The molecule has 0 aliphatic carbocycles. The maximum absolute atomic E-state index is 15.5. The first-order valence-corrected chi connectivity index (χ1v) is 12.0. The standard InChI is InChI=1S/C25H34FN5O5/c1-7-18(32)16-11-19(28-20-10-14(2)31(29-20)24(4,5)6)27-17(21(16)26)13-25(22(33)34)8-9-30(23(35)36)15(3)12-25/h10-11,15H,7-9,12-13H2,1-6H3,(H,33,34)(H,35,36)(H,27,28,29)/t15-,25?/m1/s1. The molecule has 11 heteroatoms. The van der Waals surface area contributed by atoms with E-state index in [0.717, 1.165) is 5.69 Å². The lowest BCUT2D eigenvalue weighted by molar-refractivity contribution is -0.153. The molecule has 1 saturated heterocycles. The maximum atomic E-state index is 15.5. The molecule has 2 atom stereocenters. The molecule has 1 aliphatic rings. The van der Waals surface area contributed by atoms with Gasteiger partial charge in [-0.05, 0) is 53.5 Å². The molecule has 0 radical (unpaired) electrons. The first-order chi connectivity index (χ1) is 16.7. The molecule has 3 N–H and O–H groups in total. The fourth-order valence-corrected chi connectivity index (χ4v) is 4.87. The highest BCUT2D eigenvalue weighted by molar-refractivity contribution is 5.97. The molecule has 36 heavy (non-hydrogen) atoms. The van der Waals surface area contributed by atoms with Crippen LogP contribution >= 0.6 is 0 Å². The van der Waals surface area contributed by atoms with Crippen LogP contribution in [-0.2, 0) is 16.8 Å². The first-order valence-electron chi connectivity index (χ1n) is 12.0. The van der Waals surface area contributed by atoms with Crippen LogP contribution in [0.15, 0.2) is 12.1 Å². The van der Waals surface area contributed by atoms with Gasteiger partial charge < -0.3 is 20.4 Å². The van der Waals surface area contributed by atoms with Crippen molar-refractivity contribution in [2.24, 2.45) is 5.41 Å². The zero-order valence-corrected chi connectivity index (χ0v) is 21.6. The molecule has 2 aromatic rings. The Morgan fingerprint density at radius 3 is 2.39 bits per heavy atom. The Bertz CT molecular complexity index is 1190. The van der Waals surface area contributed by atoms with Crippen LogP contribution in [0, 0.1) is 18.2 Å². The number of likely N-dealkylation sites (tertiary alicyclic amines) is 1. The van der Waals surface area contributed by atoms with Gasteiger partial charge in [-0.1, -0.05) is 6.92 Å². The van der Waals surface area contributed by atoms with Gasteiger partial charge in [0, 0.05) is 37.2 Å². The quantitative estimate of drug-likeness (QED) is 0.467. The Kier molecular flexibility index (Phi) is 7.42. The van der Waals surface area contributed by atoms with E-state index in [4.69, 9.17) is 0 Å². The fourth-order valence-electron chi connectivity index (χ4n) is 4.87. The summed E-state index contributed by atoms with van der Waals surface area (Å²) in [4.78, 5) is 42.0. The molecule has 1 amide bonds. The van der Waals surface area contributed by atoms with E-state index in [-0.39, 0.29) is 54.8 Å². The van der Waals surface area contributed by atoms with Gasteiger partial charge in [-0.25, -0.2) is 14.2 Å². The summed E-state index contributed by atoms with van der Waals surface area (Å²) in [6.07, 6.45) is -1.34. The Balaban J connectivity index is 2.03. The second-order valence-corrected chi connectivity index (χ2v) is 10.5. The summed E-state index contributed by atoms with van der Waals surface area (Å²) in [5.41, 5.74) is -1.13. The number of pyridine rings is 1. The minimum atomic E-state index is -1.42. The third kappa shape index (κ3) is 5.34. The lowest BCUT2D eigenvalue weighted by Gasteiger charge is -2.42. The van der Waals surface area contributed by atoms with Crippen molar-refractivity contribution in [2.75, 3.05) is 11.9 Å². The number of nitrogens with zero attached hydrogens (tertiary/aromatic N) is 4. The van der Waals surface area contributed by atoms with Crippen LogP contribution < -0.4 is 5.32 Å². The third-order valence-electron chi connectivity index (χ3n) is 6.68. The number of hydrogen-bond donors (Lipinski definition) is 3. The van der Waals surface area contributed by atoms with E-state index in [1.54, 1.807) is 19.9 Å². The summed E-state index contributed by atoms with van der Waals surface area (Å²) in [6, 6.07) is 2.55. The number of halogens is 1. The van der Waals surface area contributed by atoms with Gasteiger partial charge >= 0.3 is 12.1 Å². The van der Waals surface area contributed by atoms with Crippen LogP contribution in [0.1, 0.15) is 75.6 Å². The monoisotopic (exact) mass is 503 g/mol. The van der Waals surface area contributed by atoms with E-state index in [2.05, 4.69) is 15.4 Å². The average Bonchev–Trinajstić information content (AvgIpc) is 3.15. The van der Waals surface area contributed by atoms with Gasteiger partial charge in [-0.3, -0.25) is 14.3 Å². The molecule has 1 unspecified atom stereocenters. The predicted molar refractivity (Wildman–Crippen MR) is 131 cm³/mol. The topological polar surface area (TPSA) is 138 Å². The van der Waals surface area contributed by atoms with E-state index in [1.807, 2.05) is 32.4 Å². The van der Waals surface area contributed by atoms with Gasteiger partial charge in [-0.2, -0.15) is 5.10 Å². The van der Waals surface area contributed by atoms with Gasteiger partial charge in [0.1, 0.15) is 5.82 Å². The van der Waals surface area contributed by atoms with Crippen LogP contribution in [0.2, 0.25) is 0 Å². The SMILES string of the molecule is CCC(=O)c1cc(Nc2cc(C)n(C(C)(C)C)n2)nc(CC2(C(=O)O)CCN(C(=O)O)[C@H](C)C2)c1F. The summed E-state index contributed by atoms with van der Waals surface area (Å²) >= 11 is 0. The minimum absolute atomic E-state index is 0.000347. The van der Waals surface area contributed by atoms with E-state index < -0.39 is 35.1 Å². The van der Waals surface area contributed by atoms with Gasteiger partial charge in [0.25, 0.3) is 0 Å². The number of carbonyl (C=O) groups excluding carboxylic acids is 1. The van der Waals surface area contributed by atoms with Crippen molar-refractivity contribution in [1.29, 1.82) is 0 Å². The van der Waals surface area contributed by atoms with Crippen molar-refractivity contribution >= 4 is 29.5 Å². The molecule has 0 aromatic carbocycles. The molecule has 196 valence electrons. The van der Waals surface area contributed by atoms with Crippen LogP contribution in [0.25, 0.3) is 0 Å². The number of aromatic nitrogens is 3. The number of carbonyl (C=O) groups is 3. The highest BCUT2D eigenvalue weighted by atomic mass is 19.1. The zero-order valence-electron chi connectivity index (χ0n) is 21.6. The molecule has 2 aromatic heterocycles. The predicted octanol–water partition coefficient (Wildman–Crippen LogP) is 4.59. The lowest BCUT2D eigenvalue weighted by atomic mass is 9.72. The normalized spacial score (nSPS) is 20.3. The van der Waals surface area contributed by atoms with Crippen molar-refractivity contribution in [3.63, 3.8) is 0 Å². The summed E-state index contributed by atoms with van der Waals surface area (Å²) in [5, 5.41) is 27.1. The number of hydrogen-bond acceptors (Lipinski definition) is 6. The number of piperidine rings is 1. The van der Waals surface area contributed by atoms with Crippen molar-refractivity contribution in [3.8, 4) is 0 Å². The molecule has 10 nitrogen and oxygen atoms in total. The third-order valence-corrected chi connectivity index (χ3v) is 6.68. The van der Waals surface area contributed by atoms with E-state index >= 15 is 4.39 Å². The highest BCUT2D eigenvalue weighted by Gasteiger charge is 2.46. The Labute approximate surface area is 209 Å². The van der Waals surface area contributed by atoms with E-state index in [0.29, 0.717) is 5.82 Å². The Hall–Kier alpha value is -3.50. The van der Waals surface area contributed by atoms with Crippen molar-refractivity contribution in [3.05, 3.63) is 34.9 Å².